The van der Waals surface area contributed by atoms with Crippen molar-refractivity contribution in [2.24, 2.45) is 0 Å². The molecule has 1 aromatic carbocycles. The molecule has 0 radical (unpaired) electrons. The van der Waals surface area contributed by atoms with E-state index in [0.717, 1.165) is 5.56 Å². The molecule has 0 saturated carbocycles. The average Bonchev–Trinajstić information content (AvgIpc) is 2.93. The van der Waals surface area contributed by atoms with Crippen molar-refractivity contribution >= 4 is 25.8 Å². The Hall–Kier alpha value is -1.45. The molecule has 1 N–H and O–H groups in total. The van der Waals surface area contributed by atoms with Crippen LogP contribution >= 0.6 is 0 Å². The van der Waals surface area contributed by atoms with Crippen LogP contribution in [0.4, 0.5) is 0 Å². The molecule has 1 unspecified atom stereocenters. The van der Waals surface area contributed by atoms with E-state index in [1.54, 1.807) is 6.92 Å². The minimum Gasteiger partial charge on any atom is -0.338 e. The van der Waals surface area contributed by atoms with Gasteiger partial charge in [0.1, 0.15) is 0 Å². The number of sulfonamides is 1. The molecule has 0 aromatic heterocycles. The summed E-state index contributed by atoms with van der Waals surface area (Å²) in [5.74, 6) is -0.473. The van der Waals surface area contributed by atoms with E-state index in [4.69, 9.17) is 0 Å². The fourth-order valence-corrected chi connectivity index (χ4v) is 5.62. The first kappa shape index (κ1) is 19.9. The van der Waals surface area contributed by atoms with Gasteiger partial charge in [0.05, 0.1) is 23.8 Å². The summed E-state index contributed by atoms with van der Waals surface area (Å²) in [7, 11) is -6.68. The third-order valence-corrected chi connectivity index (χ3v) is 7.33. The Morgan fingerprint density at radius 3 is 2.52 bits per heavy atom. The number of hydrogen-bond donors (Lipinski definition) is 1. The van der Waals surface area contributed by atoms with Gasteiger partial charge in [0.2, 0.25) is 15.9 Å². The molecule has 1 aliphatic rings. The molecule has 1 fully saturated rings. The highest BCUT2D eigenvalue weighted by Gasteiger charge is 2.33. The Balaban J connectivity index is 1.86. The smallest absolute Gasteiger partial charge is 0.237 e. The van der Waals surface area contributed by atoms with Gasteiger partial charge in [-0.3, -0.25) is 4.79 Å². The van der Waals surface area contributed by atoms with Crippen molar-refractivity contribution in [2.75, 3.05) is 30.3 Å². The van der Waals surface area contributed by atoms with Crippen LogP contribution in [0.25, 0.3) is 0 Å². The van der Waals surface area contributed by atoms with E-state index in [-0.39, 0.29) is 29.8 Å². The Morgan fingerprint density at radius 1 is 1.28 bits per heavy atom. The number of likely N-dealkylation sites (N-methyl/N-ethyl adjacent to an activating group) is 1. The topological polar surface area (TPSA) is 101 Å². The van der Waals surface area contributed by atoms with Crippen LogP contribution in [0, 0.1) is 0 Å². The quantitative estimate of drug-likeness (QED) is 0.685. The predicted octanol–water partition coefficient (Wildman–Crippen LogP) is 0.184. The summed E-state index contributed by atoms with van der Waals surface area (Å²) >= 11 is 0. The van der Waals surface area contributed by atoms with Gasteiger partial charge in [0.25, 0.3) is 0 Å². The number of sulfone groups is 1. The van der Waals surface area contributed by atoms with E-state index in [0.29, 0.717) is 19.4 Å². The lowest BCUT2D eigenvalue weighted by molar-refractivity contribution is -0.131. The molecule has 0 bridgehead atoms. The molecule has 1 aromatic rings. The van der Waals surface area contributed by atoms with Gasteiger partial charge in [0, 0.05) is 12.6 Å². The first-order chi connectivity index (χ1) is 11.7. The molecule has 1 atom stereocenters. The Labute approximate surface area is 149 Å². The monoisotopic (exact) mass is 388 g/mol. The highest BCUT2D eigenvalue weighted by Crippen LogP contribution is 2.17. The number of rotatable bonds is 8. The van der Waals surface area contributed by atoms with E-state index in [1.165, 1.54) is 4.90 Å². The summed E-state index contributed by atoms with van der Waals surface area (Å²) in [6.07, 6.45) is 0.769. The Bertz CT molecular complexity index is 791. The lowest BCUT2D eigenvalue weighted by Gasteiger charge is -2.27. The van der Waals surface area contributed by atoms with E-state index in [9.17, 15) is 21.6 Å². The highest BCUT2D eigenvalue weighted by molar-refractivity contribution is 7.91. The van der Waals surface area contributed by atoms with Gasteiger partial charge in [-0.05, 0) is 25.3 Å². The summed E-state index contributed by atoms with van der Waals surface area (Å²) in [6.45, 7) is 1.76. The first-order valence-corrected chi connectivity index (χ1v) is 11.7. The van der Waals surface area contributed by atoms with E-state index >= 15 is 0 Å². The Kier molecular flexibility index (Phi) is 6.59. The largest absolute Gasteiger partial charge is 0.338 e. The number of hydrogen-bond acceptors (Lipinski definition) is 5. The molecular formula is C16H24N2O5S2. The second kappa shape index (κ2) is 8.29. The minimum atomic E-state index is -3.58. The van der Waals surface area contributed by atoms with Crippen molar-refractivity contribution < 1.29 is 21.6 Å². The molecule has 9 heteroatoms. The third-order valence-electron chi connectivity index (χ3n) is 4.26. The number of aryl methyl sites for hydroxylation is 1. The van der Waals surface area contributed by atoms with Gasteiger partial charge >= 0.3 is 0 Å². The number of carbonyl (C=O) groups excluding carboxylic acids is 1. The standard InChI is InChI=1S/C16H24N2O5S2/c1-2-18(15-9-10-24(20,21)13-15)16(19)12-17-25(22,23)11-8-14-6-4-3-5-7-14/h3-7,15,17H,2,8-13H2,1H3. The van der Waals surface area contributed by atoms with Crippen LogP contribution in [-0.2, 0) is 31.1 Å². The van der Waals surface area contributed by atoms with Gasteiger partial charge in [-0.1, -0.05) is 30.3 Å². The van der Waals surface area contributed by atoms with Gasteiger partial charge in [-0.2, -0.15) is 0 Å². The minimum absolute atomic E-state index is 0.0483. The zero-order valence-electron chi connectivity index (χ0n) is 14.2. The van der Waals surface area contributed by atoms with Crippen molar-refractivity contribution in [3.63, 3.8) is 0 Å². The van der Waals surface area contributed by atoms with Crippen molar-refractivity contribution in [1.82, 2.24) is 9.62 Å². The normalized spacial score (nSPS) is 19.6. The Morgan fingerprint density at radius 2 is 1.96 bits per heavy atom. The molecule has 7 nitrogen and oxygen atoms in total. The molecule has 140 valence electrons. The maximum Gasteiger partial charge on any atom is 0.237 e. The molecule has 1 heterocycles. The van der Waals surface area contributed by atoms with Crippen LogP contribution < -0.4 is 4.72 Å². The molecule has 0 aliphatic carbocycles. The van der Waals surface area contributed by atoms with Crippen molar-refractivity contribution in [1.29, 1.82) is 0 Å². The summed E-state index contributed by atoms with van der Waals surface area (Å²) in [5, 5.41) is 0. The summed E-state index contributed by atoms with van der Waals surface area (Å²) in [4.78, 5) is 13.7. The predicted molar refractivity (Wildman–Crippen MR) is 96.4 cm³/mol. The first-order valence-electron chi connectivity index (χ1n) is 8.23. The fraction of sp³-hybridized carbons (Fsp3) is 0.562. The van der Waals surface area contributed by atoms with E-state index in [1.807, 2.05) is 30.3 Å². The zero-order valence-corrected chi connectivity index (χ0v) is 15.9. The van der Waals surface area contributed by atoms with Crippen LogP contribution in [-0.4, -0.2) is 64.0 Å². The van der Waals surface area contributed by atoms with Crippen molar-refractivity contribution in [3.8, 4) is 0 Å². The number of nitrogens with one attached hydrogen (secondary N) is 1. The molecule has 25 heavy (non-hydrogen) atoms. The summed E-state index contributed by atoms with van der Waals surface area (Å²) < 4.78 is 49.6. The van der Waals surface area contributed by atoms with Gasteiger partial charge in [-0.25, -0.2) is 21.6 Å². The fourth-order valence-electron chi connectivity index (χ4n) is 2.90. The third kappa shape index (κ3) is 6.09. The van der Waals surface area contributed by atoms with Crippen LogP contribution in [0.2, 0.25) is 0 Å². The average molecular weight is 389 g/mol. The zero-order chi connectivity index (χ0) is 18.5. The molecule has 2 rings (SSSR count). The maximum atomic E-state index is 12.3. The molecule has 1 amide bonds. The van der Waals surface area contributed by atoms with Gasteiger partial charge in [0.15, 0.2) is 9.84 Å². The highest BCUT2D eigenvalue weighted by atomic mass is 32.2. The molecule has 1 aliphatic heterocycles. The SMILES string of the molecule is CCN(C(=O)CNS(=O)(=O)CCc1ccccc1)C1CCS(=O)(=O)C1. The lowest BCUT2D eigenvalue weighted by Crippen LogP contribution is -2.46. The molecular weight excluding hydrogens is 364 g/mol. The van der Waals surface area contributed by atoms with Crippen LogP contribution in [0.1, 0.15) is 18.9 Å². The van der Waals surface area contributed by atoms with Crippen LogP contribution in [0.5, 0.6) is 0 Å². The molecule has 1 saturated heterocycles. The summed E-state index contributed by atoms with van der Waals surface area (Å²) in [6, 6.07) is 8.87. The maximum absolute atomic E-state index is 12.3. The van der Waals surface area contributed by atoms with Gasteiger partial charge in [-0.15, -0.1) is 0 Å². The van der Waals surface area contributed by atoms with Crippen LogP contribution in [0.3, 0.4) is 0 Å². The van der Waals surface area contributed by atoms with Crippen molar-refractivity contribution in [3.05, 3.63) is 35.9 Å². The second-order valence-electron chi connectivity index (χ2n) is 6.11. The molecule has 0 spiro atoms. The number of benzene rings is 1. The van der Waals surface area contributed by atoms with Gasteiger partial charge < -0.3 is 4.90 Å². The number of nitrogens with zero attached hydrogens (tertiary/aromatic N) is 1. The van der Waals surface area contributed by atoms with E-state index < -0.39 is 25.8 Å². The van der Waals surface area contributed by atoms with Crippen LogP contribution in [0.15, 0.2) is 30.3 Å². The lowest BCUT2D eigenvalue weighted by atomic mass is 10.2. The number of carbonyl (C=O) groups is 1. The van der Waals surface area contributed by atoms with E-state index in [2.05, 4.69) is 4.72 Å². The number of amides is 1. The summed E-state index contributed by atoms with van der Waals surface area (Å²) in [5.41, 5.74) is 0.908. The second-order valence-corrected chi connectivity index (χ2v) is 10.3. The van der Waals surface area contributed by atoms with Crippen molar-refractivity contribution in [2.45, 2.75) is 25.8 Å².